The standard InChI is InChI=1S/C24H21N9O2.C18H16ClN7O2.C11H12ClN3O.C6H6N2/c1-14(28-23(34)19-20(25)30-33-11-5-10-26-22(19)33)21-29-17-7-4-6-16(18(17)24(35)32(21)3)9-8-15-12-27-31(2)13-15;1-9(15-23-11-6-3-5-10(19)12(11)18(28)25(15)2)22-17(27)13-14(20)24-26-8-4-7-21-16(13)26;1-6(13)10-14-8-5-3-4-7(12)9(8)11(16)15(10)2;1-3-6-4-7-8(2)5-6/h4-7,10-14H,1-3H3,(H3,25,28,30,34);3-9H,1-2H3,(H2,20,24)(H,22,27);3-6H,13H2,1-2H3;1,4-5H,2H3/p+1/t14-;9-;6-;/m000./s1. The molecule has 9 aromatic heterocycles. The minimum atomic E-state index is -0.600. The van der Waals surface area contributed by atoms with Gasteiger partial charge in [0.2, 0.25) is 6.20 Å². The lowest BCUT2D eigenvalue weighted by Crippen LogP contribution is -2.33. The Morgan fingerprint density at radius 2 is 1.11 bits per heavy atom. The van der Waals surface area contributed by atoms with Crippen LogP contribution in [0.5, 0.6) is 0 Å². The molecular weight excluding hydrogens is 1150 g/mol. The fraction of sp³-hybridized carbons (Fsp3) is 0.186. The van der Waals surface area contributed by atoms with E-state index in [1.807, 2.05) is 20.3 Å². The summed E-state index contributed by atoms with van der Waals surface area (Å²) >= 11 is 12.1. The largest absolute Gasteiger partial charge is 0.381 e. The first-order chi connectivity index (χ1) is 41.6. The van der Waals surface area contributed by atoms with Gasteiger partial charge in [-0.25, -0.2) is 34.0 Å². The number of amides is 2. The molecule has 26 nitrogen and oxygen atoms in total. The summed E-state index contributed by atoms with van der Waals surface area (Å²) in [5, 5.41) is 22.7. The summed E-state index contributed by atoms with van der Waals surface area (Å²) in [6, 6.07) is 17.5. The third-order valence-corrected chi connectivity index (χ3v) is 14.1. The molecular formula is C59H56Cl2N21O5+. The monoisotopic (exact) mass is 1210 g/mol. The number of carbonyl (C=O) groups is 2. The molecule has 0 unspecified atom stereocenters. The average molecular weight is 1210 g/mol. The van der Waals surface area contributed by atoms with Crippen molar-refractivity contribution >= 4 is 90.7 Å². The molecule has 3 atom stereocenters. The Bertz CT molecular complexity index is 4960. The van der Waals surface area contributed by atoms with Gasteiger partial charge in [-0.3, -0.25) is 42.4 Å². The van der Waals surface area contributed by atoms with Crippen molar-refractivity contribution in [3.63, 3.8) is 0 Å². The van der Waals surface area contributed by atoms with E-state index in [2.05, 4.69) is 73.7 Å². The fourth-order valence-electron chi connectivity index (χ4n) is 9.26. The van der Waals surface area contributed by atoms with Gasteiger partial charge in [0.05, 0.1) is 78.8 Å². The highest BCUT2D eigenvalue weighted by Crippen LogP contribution is 2.24. The number of aryl methyl sites for hydroxylation is 2. The van der Waals surface area contributed by atoms with Gasteiger partial charge in [0.15, 0.2) is 30.0 Å². The van der Waals surface area contributed by atoms with Crippen molar-refractivity contribution < 1.29 is 14.3 Å². The van der Waals surface area contributed by atoms with Crippen LogP contribution in [0.15, 0.2) is 131 Å². The number of aromatic amines is 1. The maximum atomic E-state index is 13.3. The quantitative estimate of drug-likeness (QED) is 0.0956. The lowest BCUT2D eigenvalue weighted by molar-refractivity contribution is -0.726. The number of anilines is 2. The molecule has 0 saturated carbocycles. The van der Waals surface area contributed by atoms with E-state index in [-0.39, 0.29) is 45.5 Å². The third-order valence-electron chi connectivity index (χ3n) is 13.5. The van der Waals surface area contributed by atoms with E-state index < -0.39 is 23.9 Å². The molecule has 0 aliphatic carbocycles. The van der Waals surface area contributed by atoms with Crippen LogP contribution in [0, 0.1) is 24.2 Å². The molecule has 0 fully saturated rings. The number of nitrogens with zero attached hydrogens (tertiary/aromatic N) is 15. The number of nitrogens with one attached hydrogen (secondary N) is 3. The summed E-state index contributed by atoms with van der Waals surface area (Å²) < 4.78 is 10.6. The number of benzene rings is 3. The van der Waals surface area contributed by atoms with Crippen LogP contribution in [0.1, 0.15) is 93.8 Å². The molecule has 9 N–H and O–H groups in total. The summed E-state index contributed by atoms with van der Waals surface area (Å²) in [5.41, 5.74) is 21.7. The van der Waals surface area contributed by atoms with E-state index in [1.165, 1.54) is 22.7 Å². The summed E-state index contributed by atoms with van der Waals surface area (Å²) in [7, 11) is 8.55. The van der Waals surface area contributed by atoms with Crippen LogP contribution in [0.2, 0.25) is 10.0 Å². The second-order valence-corrected chi connectivity index (χ2v) is 20.5. The second kappa shape index (κ2) is 25.4. The highest BCUT2D eigenvalue weighted by molar-refractivity contribution is 6.35. The minimum absolute atomic E-state index is 0.0630. The van der Waals surface area contributed by atoms with Gasteiger partial charge < -0.3 is 27.8 Å². The Hall–Kier alpha value is -11.1. The topological polar surface area (TPSA) is 339 Å². The maximum absolute atomic E-state index is 13.3. The predicted molar refractivity (Wildman–Crippen MR) is 329 cm³/mol. The molecule has 3 aromatic carbocycles. The van der Waals surface area contributed by atoms with Gasteiger partial charge in [-0.2, -0.15) is 10.2 Å². The van der Waals surface area contributed by atoms with Gasteiger partial charge in [0.1, 0.15) is 34.2 Å². The van der Waals surface area contributed by atoms with Gasteiger partial charge in [-0.05, 0) is 69.3 Å². The molecule has 0 radical (unpaired) electrons. The van der Waals surface area contributed by atoms with E-state index >= 15 is 0 Å². The Kier molecular flexibility index (Phi) is 17.7. The Morgan fingerprint density at radius 3 is 1.55 bits per heavy atom. The molecule has 28 heteroatoms. The number of nitrogens with two attached hydrogens (primary N) is 3. The summed E-state index contributed by atoms with van der Waals surface area (Å²) in [6.07, 6.45) is 18.6. The number of hydrogen-bond donors (Lipinski definition) is 6. The lowest BCUT2D eigenvalue weighted by atomic mass is 10.1. The summed E-state index contributed by atoms with van der Waals surface area (Å²) in [4.78, 5) is 85.8. The normalized spacial score (nSPS) is 11.9. The number of H-pyrrole nitrogens is 1. The zero-order valence-electron chi connectivity index (χ0n) is 48.0. The van der Waals surface area contributed by atoms with E-state index in [0.717, 1.165) is 11.1 Å². The van der Waals surface area contributed by atoms with Crippen molar-refractivity contribution in [1.82, 2.24) is 83.4 Å². The van der Waals surface area contributed by atoms with Crippen molar-refractivity contribution in [3.8, 4) is 24.2 Å². The molecule has 0 bridgehead atoms. The highest BCUT2D eigenvalue weighted by Gasteiger charge is 2.26. The number of halogens is 2. The van der Waals surface area contributed by atoms with Gasteiger partial charge in [-0.15, -0.1) is 21.3 Å². The van der Waals surface area contributed by atoms with E-state index in [4.69, 9.17) is 46.8 Å². The zero-order chi connectivity index (χ0) is 62.5. The van der Waals surface area contributed by atoms with Gasteiger partial charge in [0.25, 0.3) is 28.5 Å². The molecule has 440 valence electrons. The molecule has 2 amide bonds. The summed E-state index contributed by atoms with van der Waals surface area (Å²) in [6.45, 7) is 5.26. The first kappa shape index (κ1) is 60.5. The lowest BCUT2D eigenvalue weighted by Gasteiger charge is -2.17. The molecule has 12 rings (SSSR count). The van der Waals surface area contributed by atoms with E-state index in [0.29, 0.717) is 77.1 Å². The maximum Gasteiger partial charge on any atom is 0.262 e. The molecule has 0 aliphatic heterocycles. The number of terminal acetylenes is 1. The third kappa shape index (κ3) is 12.6. The molecule has 0 saturated heterocycles. The number of nitrogen functional groups attached to an aromatic ring is 2. The number of fused-ring (bicyclic) bond motifs is 5. The van der Waals surface area contributed by atoms with Crippen molar-refractivity contribution in [2.45, 2.75) is 38.9 Å². The average Bonchev–Trinajstić information content (AvgIpc) is 2.11. The SMILES string of the molecule is C#Cc1cnn(C)c1.C[C@H](N)c1nc2cccc(Cl)c2c(=O)n1C.C[C@H](NC(=O)c1c(N)nn2cccnc12)c1nc2cccc(C#Cc3c[nH][n+](C)c3)c2c(=O)n1C.C[C@H](NC(=O)c1c(N)nn2cccnc12)c1nc2cccc(Cl)c2c(=O)n1C. The van der Waals surface area contributed by atoms with E-state index in [1.54, 1.807) is 161 Å². The zero-order valence-corrected chi connectivity index (χ0v) is 49.5. The Labute approximate surface area is 504 Å². The Balaban J connectivity index is 0.000000154. The van der Waals surface area contributed by atoms with E-state index in [9.17, 15) is 24.0 Å². The van der Waals surface area contributed by atoms with Crippen molar-refractivity contribution in [1.29, 1.82) is 0 Å². The van der Waals surface area contributed by atoms with Gasteiger partial charge in [0, 0.05) is 64.7 Å². The van der Waals surface area contributed by atoms with Crippen LogP contribution in [0.4, 0.5) is 11.6 Å². The van der Waals surface area contributed by atoms with Crippen molar-refractivity contribution in [2.75, 3.05) is 11.5 Å². The van der Waals surface area contributed by atoms with Crippen molar-refractivity contribution in [2.24, 2.45) is 41.0 Å². The first-order valence-corrected chi connectivity index (χ1v) is 27.2. The van der Waals surface area contributed by atoms with Crippen molar-refractivity contribution in [3.05, 3.63) is 203 Å². The minimum Gasteiger partial charge on any atom is -0.381 e. The fourth-order valence-corrected chi connectivity index (χ4v) is 9.76. The van der Waals surface area contributed by atoms with Crippen LogP contribution < -0.4 is 49.2 Å². The molecule has 12 aromatic rings. The number of rotatable bonds is 7. The van der Waals surface area contributed by atoms with Crippen LogP contribution in [0.3, 0.4) is 0 Å². The predicted octanol–water partition coefficient (Wildman–Crippen LogP) is 4.31. The first-order valence-electron chi connectivity index (χ1n) is 26.4. The molecule has 9 heterocycles. The van der Waals surface area contributed by atoms with Crippen LogP contribution in [-0.4, -0.2) is 84.5 Å². The molecule has 0 aliphatic rings. The van der Waals surface area contributed by atoms with Gasteiger partial charge in [-0.1, -0.05) is 59.2 Å². The number of hydrogen-bond acceptors (Lipinski definition) is 16. The second-order valence-electron chi connectivity index (χ2n) is 19.7. The highest BCUT2D eigenvalue weighted by atomic mass is 35.5. The number of aromatic nitrogens is 16. The van der Waals surface area contributed by atoms with Crippen LogP contribution >= 0.6 is 23.2 Å². The molecule has 0 spiro atoms. The van der Waals surface area contributed by atoms with Crippen LogP contribution in [-0.2, 0) is 35.2 Å². The smallest absolute Gasteiger partial charge is 0.262 e. The molecule has 87 heavy (non-hydrogen) atoms. The van der Waals surface area contributed by atoms with Gasteiger partial charge >= 0.3 is 0 Å². The summed E-state index contributed by atoms with van der Waals surface area (Å²) in [5.74, 6) is 9.13. The number of carbonyl (C=O) groups excluding carboxylic acids is 2. The Morgan fingerprint density at radius 1 is 0.655 bits per heavy atom. The van der Waals surface area contributed by atoms with Crippen LogP contribution in [0.25, 0.3) is 44.0 Å².